The Balaban J connectivity index is 0.000000112. The van der Waals surface area contributed by atoms with Gasteiger partial charge in [0.25, 0.3) is 0 Å². The van der Waals surface area contributed by atoms with E-state index in [1.807, 2.05) is 127 Å². The molecular formula is C97H62N6O5S. The van der Waals surface area contributed by atoms with E-state index in [0.717, 1.165) is 100 Å². The van der Waals surface area contributed by atoms with Crippen LogP contribution < -0.4 is 10.3 Å². The molecule has 0 saturated carbocycles. The fraction of sp³-hybridized carbons (Fsp3) is 0.0309. The van der Waals surface area contributed by atoms with Crippen LogP contribution in [0.15, 0.2) is 359 Å². The largest absolute Gasteiger partial charge is 0.456 e. The van der Waals surface area contributed by atoms with E-state index in [4.69, 9.17) is 11.0 Å². The van der Waals surface area contributed by atoms with Gasteiger partial charge in [-0.15, -0.1) is 0 Å². The number of sulfone groups is 1. The van der Waals surface area contributed by atoms with Crippen LogP contribution in [0.2, 0.25) is 0 Å². The van der Waals surface area contributed by atoms with Crippen LogP contribution in [0, 0.1) is 17.9 Å². The van der Waals surface area contributed by atoms with E-state index in [9.17, 15) is 23.3 Å². The Morgan fingerprint density at radius 1 is 0.367 bits per heavy atom. The maximum Gasteiger partial charge on any atom is 0.208 e. The Morgan fingerprint density at radius 2 is 0.780 bits per heavy atom. The standard InChI is InChI=1S/C38H22N4.C31H19NO3S.C28H21NO2/c1-40-28-14-18-30(19-15-28)42-36-9-5-3-7-32(36)34-23-27(13-21-38(34)42)26-12-20-37-33(22-26)31-6-2-4-8-35(31)41(37)29-16-10-25(24-39)11-17-29;33-31-24-11-5-7-13-29(24)36(34,35)30-17-15-21(19-26(30)31)20-14-16-28-25(18-20)23-10-4-6-12-27(23)32(28)22-8-2-1-3-9-22;1-28(2)21-10-4-6-12-23(21)29(24-13-7-5-11-22(24)28)18-15-16-26-20(17-18)27(30)19-9-3-8-14-25(19)31-26/h2-23H;1-19H;3-17H,1-2H3. The Morgan fingerprint density at radius 3 is 1.32 bits per heavy atom. The Kier molecular flexibility index (Phi) is 15.4. The Bertz CT molecular complexity index is 7070. The zero-order valence-electron chi connectivity index (χ0n) is 59.0. The second-order valence-corrected chi connectivity index (χ2v) is 29.9. The van der Waals surface area contributed by atoms with Crippen LogP contribution >= 0.6 is 0 Å². The summed E-state index contributed by atoms with van der Waals surface area (Å²) < 4.78 is 39.2. The molecule has 0 bridgehead atoms. The number of rotatable bonds is 6. The number of ketones is 1. The number of hydrogen-bond acceptors (Lipinski definition) is 7. The molecule has 0 radical (unpaired) electrons. The van der Waals surface area contributed by atoms with E-state index in [1.165, 1.54) is 38.7 Å². The normalized spacial score (nSPS) is 13.1. The number of hydrogen-bond donors (Lipinski definition) is 0. The molecule has 516 valence electrons. The predicted molar refractivity (Wildman–Crippen MR) is 440 cm³/mol. The number of carbonyl (C=O) groups is 1. The zero-order chi connectivity index (χ0) is 73.8. The van der Waals surface area contributed by atoms with Crippen LogP contribution in [0.5, 0.6) is 0 Å². The molecule has 21 rings (SSSR count). The van der Waals surface area contributed by atoms with Gasteiger partial charge >= 0.3 is 0 Å². The minimum absolute atomic E-state index is 0.00221. The molecule has 0 unspecified atom stereocenters. The van der Waals surface area contributed by atoms with E-state index >= 15 is 0 Å². The highest BCUT2D eigenvalue weighted by molar-refractivity contribution is 7.91. The van der Waals surface area contributed by atoms with Crippen molar-refractivity contribution in [2.75, 3.05) is 4.90 Å². The van der Waals surface area contributed by atoms with Crippen molar-refractivity contribution in [3.63, 3.8) is 0 Å². The topological polar surface area (TPSA) is 128 Å². The zero-order valence-corrected chi connectivity index (χ0v) is 59.8. The monoisotopic (exact) mass is 1420 g/mol. The molecule has 109 heavy (non-hydrogen) atoms. The van der Waals surface area contributed by atoms with Crippen molar-refractivity contribution < 1.29 is 17.6 Å². The summed E-state index contributed by atoms with van der Waals surface area (Å²) in [6.07, 6.45) is 0. The van der Waals surface area contributed by atoms with E-state index < -0.39 is 9.84 Å². The molecule has 2 aliphatic rings. The van der Waals surface area contributed by atoms with Crippen molar-refractivity contribution in [3.05, 3.63) is 389 Å². The average molecular weight is 1420 g/mol. The van der Waals surface area contributed by atoms with Gasteiger partial charge in [-0.3, -0.25) is 9.59 Å². The Hall–Kier alpha value is -14.4. The van der Waals surface area contributed by atoms with Gasteiger partial charge in [-0.2, -0.15) is 5.26 Å². The molecule has 0 N–H and O–H groups in total. The summed E-state index contributed by atoms with van der Waals surface area (Å²) in [4.78, 5) is 32.4. The summed E-state index contributed by atoms with van der Waals surface area (Å²) in [6.45, 7) is 11.9. The summed E-state index contributed by atoms with van der Waals surface area (Å²) in [5.74, 6) is -0.265. The molecule has 2 aliphatic heterocycles. The van der Waals surface area contributed by atoms with Crippen LogP contribution in [0.25, 0.3) is 132 Å². The minimum atomic E-state index is -3.75. The van der Waals surface area contributed by atoms with Gasteiger partial charge in [0.1, 0.15) is 11.2 Å². The van der Waals surface area contributed by atoms with Crippen LogP contribution in [0.1, 0.15) is 46.5 Å². The SMILES string of the molecule is CC1(C)c2ccccc2N(c2ccc3oc4ccccc4c(=O)c3c2)c2ccccc21.O=C1c2ccccc2S(=O)(=O)c2ccc(-c3ccc4c(c3)c3ccccc3n4-c3ccccc3)cc21.[C-]#[N+]c1ccc(-n2c3ccccc3c3cc(-c4ccc5c(c4)c4ccccc4n5-c4ccc(C#N)cc4)ccc32)cc1. The molecule has 0 saturated heterocycles. The van der Waals surface area contributed by atoms with Gasteiger partial charge in [0.2, 0.25) is 15.3 Å². The van der Waals surface area contributed by atoms with E-state index in [1.54, 1.807) is 36.4 Å². The molecule has 0 spiro atoms. The summed E-state index contributed by atoms with van der Waals surface area (Å²) in [5, 5.41) is 17.5. The van der Waals surface area contributed by atoms with E-state index in [0.29, 0.717) is 33.2 Å². The van der Waals surface area contributed by atoms with Gasteiger partial charge in [0, 0.05) is 71.6 Å². The lowest BCUT2D eigenvalue weighted by Crippen LogP contribution is -2.30. The van der Waals surface area contributed by atoms with Gasteiger partial charge in [-0.25, -0.2) is 13.3 Å². The number of fused-ring (bicyclic) bond motifs is 15. The highest BCUT2D eigenvalue weighted by Gasteiger charge is 2.38. The lowest BCUT2D eigenvalue weighted by atomic mass is 9.73. The lowest BCUT2D eigenvalue weighted by Gasteiger charge is -2.42. The van der Waals surface area contributed by atoms with Crippen molar-refractivity contribution in [2.24, 2.45) is 0 Å². The smallest absolute Gasteiger partial charge is 0.208 e. The van der Waals surface area contributed by atoms with Gasteiger partial charge in [-0.05, 0) is 203 Å². The molecule has 0 aliphatic carbocycles. The molecule has 11 nitrogen and oxygen atoms in total. The fourth-order valence-electron chi connectivity index (χ4n) is 16.4. The highest BCUT2D eigenvalue weighted by atomic mass is 32.2. The first-order valence-corrected chi connectivity index (χ1v) is 37.4. The lowest BCUT2D eigenvalue weighted by molar-refractivity contribution is 0.103. The van der Waals surface area contributed by atoms with Gasteiger partial charge in [0.15, 0.2) is 11.5 Å². The second kappa shape index (κ2) is 25.7. The number of para-hydroxylation sites is 7. The summed E-state index contributed by atoms with van der Waals surface area (Å²) >= 11 is 0. The third kappa shape index (κ3) is 10.6. The van der Waals surface area contributed by atoms with E-state index in [-0.39, 0.29) is 37.5 Å². The van der Waals surface area contributed by atoms with Crippen LogP contribution in [0.4, 0.5) is 22.7 Å². The van der Waals surface area contributed by atoms with Crippen LogP contribution in [0.3, 0.4) is 0 Å². The quantitative estimate of drug-likeness (QED) is 0.120. The molecule has 4 aromatic heterocycles. The van der Waals surface area contributed by atoms with Crippen molar-refractivity contribution in [1.29, 1.82) is 5.26 Å². The molecule has 0 amide bonds. The fourth-order valence-corrected chi connectivity index (χ4v) is 18.0. The van der Waals surface area contributed by atoms with Crippen molar-refractivity contribution >= 4 is 126 Å². The molecule has 0 atom stereocenters. The second-order valence-electron chi connectivity index (χ2n) is 28.0. The molecular weight excluding hydrogens is 1360 g/mol. The third-order valence-electron chi connectivity index (χ3n) is 21.6. The molecule has 0 fully saturated rings. The summed E-state index contributed by atoms with van der Waals surface area (Å²) in [7, 11) is -3.75. The number of nitriles is 1. The molecule has 19 aromatic rings. The van der Waals surface area contributed by atoms with Crippen molar-refractivity contribution in [2.45, 2.75) is 29.1 Å². The summed E-state index contributed by atoms with van der Waals surface area (Å²) in [6, 6.07) is 115. The Labute approximate surface area is 626 Å². The van der Waals surface area contributed by atoms with Gasteiger partial charge < -0.3 is 23.0 Å². The maximum atomic E-state index is 13.3. The molecule has 15 aromatic carbocycles. The summed E-state index contributed by atoms with van der Waals surface area (Å²) in [5.41, 5.74) is 22.5. The minimum Gasteiger partial charge on any atom is -0.456 e. The van der Waals surface area contributed by atoms with Gasteiger partial charge in [0.05, 0.1) is 83.2 Å². The number of nitrogens with zero attached hydrogens (tertiary/aromatic N) is 6. The average Bonchev–Trinajstić information content (AvgIpc) is 1.72. The first kappa shape index (κ1) is 65.3. The van der Waals surface area contributed by atoms with E-state index in [2.05, 4.69) is 213 Å². The van der Waals surface area contributed by atoms with Gasteiger partial charge in [-0.1, -0.05) is 184 Å². The predicted octanol–water partition coefficient (Wildman–Crippen LogP) is 23.9. The van der Waals surface area contributed by atoms with Crippen LogP contribution in [-0.4, -0.2) is 27.9 Å². The van der Waals surface area contributed by atoms with Crippen LogP contribution in [-0.2, 0) is 15.3 Å². The first-order chi connectivity index (χ1) is 53.3. The number of anilines is 3. The highest BCUT2D eigenvalue weighted by Crippen LogP contribution is 2.52. The number of aromatic nitrogens is 3. The maximum absolute atomic E-state index is 13.3. The number of carbonyl (C=O) groups excluding carboxylic acids is 1. The molecule has 12 heteroatoms. The molecule has 6 heterocycles. The third-order valence-corrected chi connectivity index (χ3v) is 23.4. The van der Waals surface area contributed by atoms with Crippen molar-refractivity contribution in [3.8, 4) is 45.4 Å². The number of benzene rings is 15. The first-order valence-electron chi connectivity index (χ1n) is 35.9. The van der Waals surface area contributed by atoms with Crippen molar-refractivity contribution in [1.82, 2.24) is 13.7 Å².